The fraction of sp³-hybridized carbons (Fsp3) is 0.462. The van der Waals surface area contributed by atoms with Crippen LogP contribution in [-0.2, 0) is 4.79 Å². The van der Waals surface area contributed by atoms with Crippen molar-refractivity contribution < 1.29 is 4.79 Å². The number of rotatable bonds is 4. The molecule has 1 amide bonds. The zero-order valence-electron chi connectivity index (χ0n) is 11.2. The van der Waals surface area contributed by atoms with Gasteiger partial charge in [-0.3, -0.25) is 9.69 Å². The summed E-state index contributed by atoms with van der Waals surface area (Å²) in [5.41, 5.74) is 6.04. The zero-order chi connectivity index (χ0) is 13.9. The molecule has 0 aromatic carbocycles. The molecule has 0 saturated carbocycles. The third kappa shape index (κ3) is 2.88. The number of primary amides is 1. The van der Waals surface area contributed by atoms with E-state index in [2.05, 4.69) is 20.3 Å². The van der Waals surface area contributed by atoms with Gasteiger partial charge in [-0.25, -0.2) is 9.50 Å². The van der Waals surface area contributed by atoms with Crippen molar-refractivity contribution in [2.75, 3.05) is 25.0 Å². The number of aromatic nitrogens is 3. The lowest BCUT2D eigenvalue weighted by atomic mass is 10.1. The van der Waals surface area contributed by atoms with E-state index in [-0.39, 0.29) is 5.91 Å². The second-order valence-electron chi connectivity index (χ2n) is 5.11. The molecule has 106 valence electrons. The monoisotopic (exact) mass is 274 g/mol. The molecule has 2 aromatic heterocycles. The molecule has 1 aliphatic heterocycles. The van der Waals surface area contributed by atoms with Gasteiger partial charge in [0.2, 0.25) is 5.91 Å². The molecule has 1 aliphatic rings. The number of anilines is 1. The molecule has 0 atom stereocenters. The van der Waals surface area contributed by atoms with E-state index in [0.29, 0.717) is 12.6 Å². The first kappa shape index (κ1) is 12.9. The van der Waals surface area contributed by atoms with Gasteiger partial charge in [0.1, 0.15) is 5.82 Å². The van der Waals surface area contributed by atoms with Crippen molar-refractivity contribution in [2.24, 2.45) is 5.73 Å². The molecule has 1 saturated heterocycles. The summed E-state index contributed by atoms with van der Waals surface area (Å²) >= 11 is 0. The molecule has 3 rings (SSSR count). The summed E-state index contributed by atoms with van der Waals surface area (Å²) < 4.78 is 1.74. The Labute approximate surface area is 116 Å². The third-order valence-electron chi connectivity index (χ3n) is 3.58. The SMILES string of the molecule is NC(=O)CN1CCC(Nc2ccn3nccc3n2)CC1. The first-order valence-electron chi connectivity index (χ1n) is 6.78. The van der Waals surface area contributed by atoms with Crippen LogP contribution in [0.15, 0.2) is 24.5 Å². The van der Waals surface area contributed by atoms with Gasteiger partial charge in [0.25, 0.3) is 0 Å². The van der Waals surface area contributed by atoms with Gasteiger partial charge in [0, 0.05) is 31.4 Å². The summed E-state index contributed by atoms with van der Waals surface area (Å²) in [4.78, 5) is 17.5. The number of hydrogen-bond donors (Lipinski definition) is 2. The van der Waals surface area contributed by atoms with Crippen molar-refractivity contribution in [3.8, 4) is 0 Å². The minimum atomic E-state index is -0.260. The van der Waals surface area contributed by atoms with Crippen LogP contribution in [0.4, 0.5) is 5.82 Å². The Morgan fingerprint density at radius 3 is 2.95 bits per heavy atom. The molecule has 7 nitrogen and oxygen atoms in total. The van der Waals surface area contributed by atoms with Gasteiger partial charge in [-0.15, -0.1) is 0 Å². The van der Waals surface area contributed by atoms with Crippen LogP contribution in [0, 0.1) is 0 Å². The van der Waals surface area contributed by atoms with E-state index in [1.54, 1.807) is 10.7 Å². The number of nitrogens with zero attached hydrogens (tertiary/aromatic N) is 4. The molecule has 0 radical (unpaired) electrons. The van der Waals surface area contributed by atoms with Crippen LogP contribution in [0.25, 0.3) is 5.65 Å². The summed E-state index contributed by atoms with van der Waals surface area (Å²) in [6, 6.07) is 4.19. The number of carbonyl (C=O) groups excluding carboxylic acids is 1. The van der Waals surface area contributed by atoms with Crippen LogP contribution in [0.2, 0.25) is 0 Å². The number of piperidine rings is 1. The van der Waals surface area contributed by atoms with Crippen molar-refractivity contribution in [3.05, 3.63) is 24.5 Å². The second-order valence-corrected chi connectivity index (χ2v) is 5.11. The summed E-state index contributed by atoms with van der Waals surface area (Å²) in [6.07, 6.45) is 5.60. The maximum absolute atomic E-state index is 10.9. The van der Waals surface area contributed by atoms with E-state index in [1.807, 2.05) is 18.3 Å². The average molecular weight is 274 g/mol. The van der Waals surface area contributed by atoms with E-state index in [0.717, 1.165) is 37.4 Å². The Hall–Kier alpha value is -2.15. The van der Waals surface area contributed by atoms with Gasteiger partial charge in [-0.05, 0) is 18.9 Å². The first-order valence-corrected chi connectivity index (χ1v) is 6.78. The highest BCUT2D eigenvalue weighted by Crippen LogP contribution is 2.15. The topological polar surface area (TPSA) is 88.6 Å². The van der Waals surface area contributed by atoms with Gasteiger partial charge in [-0.2, -0.15) is 5.10 Å². The lowest BCUT2D eigenvalue weighted by Crippen LogP contribution is -2.43. The highest BCUT2D eigenvalue weighted by molar-refractivity contribution is 5.75. The zero-order valence-corrected chi connectivity index (χ0v) is 11.2. The van der Waals surface area contributed by atoms with Crippen molar-refractivity contribution >= 4 is 17.4 Å². The summed E-state index contributed by atoms with van der Waals surface area (Å²) in [6.45, 7) is 2.12. The molecular weight excluding hydrogens is 256 g/mol. The second kappa shape index (κ2) is 5.46. The highest BCUT2D eigenvalue weighted by Gasteiger charge is 2.20. The number of fused-ring (bicyclic) bond motifs is 1. The molecule has 3 heterocycles. The quantitative estimate of drug-likeness (QED) is 0.825. The van der Waals surface area contributed by atoms with Crippen LogP contribution in [0.1, 0.15) is 12.8 Å². The maximum Gasteiger partial charge on any atom is 0.231 e. The van der Waals surface area contributed by atoms with E-state index >= 15 is 0 Å². The Kier molecular flexibility index (Phi) is 3.51. The van der Waals surface area contributed by atoms with Crippen molar-refractivity contribution in [1.29, 1.82) is 0 Å². The number of likely N-dealkylation sites (tertiary alicyclic amines) is 1. The lowest BCUT2D eigenvalue weighted by Gasteiger charge is -2.31. The normalized spacial score (nSPS) is 17.4. The number of amides is 1. The minimum absolute atomic E-state index is 0.260. The molecule has 0 unspecified atom stereocenters. The molecular formula is C13H18N6O. The molecule has 2 aromatic rings. The Bertz CT molecular complexity index is 602. The predicted molar refractivity (Wildman–Crippen MR) is 75.3 cm³/mol. The van der Waals surface area contributed by atoms with E-state index in [9.17, 15) is 4.79 Å². The number of carbonyl (C=O) groups is 1. The van der Waals surface area contributed by atoms with Gasteiger partial charge in [-0.1, -0.05) is 0 Å². The molecule has 20 heavy (non-hydrogen) atoms. The van der Waals surface area contributed by atoms with Crippen molar-refractivity contribution in [3.63, 3.8) is 0 Å². The van der Waals surface area contributed by atoms with Crippen LogP contribution in [0.3, 0.4) is 0 Å². The van der Waals surface area contributed by atoms with E-state index in [1.165, 1.54) is 0 Å². The molecule has 0 aliphatic carbocycles. The summed E-state index contributed by atoms with van der Waals surface area (Å²) in [5.74, 6) is 0.607. The Balaban J connectivity index is 1.57. The van der Waals surface area contributed by atoms with Gasteiger partial charge in [0.15, 0.2) is 5.65 Å². The highest BCUT2D eigenvalue weighted by atomic mass is 16.1. The molecule has 1 fully saturated rings. The number of hydrogen-bond acceptors (Lipinski definition) is 5. The van der Waals surface area contributed by atoms with Crippen LogP contribution in [0.5, 0.6) is 0 Å². The first-order chi connectivity index (χ1) is 9.70. The van der Waals surface area contributed by atoms with Crippen molar-refractivity contribution in [1.82, 2.24) is 19.5 Å². The molecule has 3 N–H and O–H groups in total. The van der Waals surface area contributed by atoms with Crippen LogP contribution < -0.4 is 11.1 Å². The smallest absolute Gasteiger partial charge is 0.231 e. The lowest BCUT2D eigenvalue weighted by molar-refractivity contribution is -0.119. The average Bonchev–Trinajstić information content (AvgIpc) is 2.88. The molecule has 0 spiro atoms. The van der Waals surface area contributed by atoms with E-state index in [4.69, 9.17) is 5.73 Å². The van der Waals surface area contributed by atoms with Gasteiger partial charge in [0.05, 0.1) is 12.7 Å². The fourth-order valence-electron chi connectivity index (χ4n) is 2.56. The van der Waals surface area contributed by atoms with Gasteiger partial charge >= 0.3 is 0 Å². The van der Waals surface area contributed by atoms with E-state index < -0.39 is 0 Å². The Morgan fingerprint density at radius 2 is 2.20 bits per heavy atom. The summed E-state index contributed by atoms with van der Waals surface area (Å²) in [5, 5.41) is 7.56. The number of nitrogens with one attached hydrogen (secondary N) is 1. The largest absolute Gasteiger partial charge is 0.369 e. The van der Waals surface area contributed by atoms with Crippen LogP contribution in [-0.4, -0.2) is 51.1 Å². The van der Waals surface area contributed by atoms with Gasteiger partial charge < -0.3 is 11.1 Å². The summed E-state index contributed by atoms with van der Waals surface area (Å²) in [7, 11) is 0. The van der Waals surface area contributed by atoms with Crippen LogP contribution >= 0.6 is 0 Å². The Morgan fingerprint density at radius 1 is 1.40 bits per heavy atom. The molecule has 7 heteroatoms. The fourth-order valence-corrected chi connectivity index (χ4v) is 2.56. The molecule has 0 bridgehead atoms. The predicted octanol–water partition coefficient (Wildman–Crippen LogP) is 0.0909. The standard InChI is InChI=1S/C13H18N6O/c14-11(20)9-18-6-2-10(3-7-18)16-12-4-8-19-13(17-12)1-5-15-19/h1,4-5,8,10H,2-3,6-7,9H2,(H2,14,20)(H,16,17). The maximum atomic E-state index is 10.9. The van der Waals surface area contributed by atoms with Crippen molar-refractivity contribution in [2.45, 2.75) is 18.9 Å². The number of nitrogens with two attached hydrogens (primary N) is 1. The minimum Gasteiger partial charge on any atom is -0.369 e. The third-order valence-corrected chi connectivity index (χ3v) is 3.58.